The van der Waals surface area contributed by atoms with E-state index in [1.807, 2.05) is 11.8 Å². The lowest BCUT2D eigenvalue weighted by Crippen LogP contribution is -2.41. The molecule has 1 atom stereocenters. The van der Waals surface area contributed by atoms with Gasteiger partial charge >= 0.3 is 0 Å². The van der Waals surface area contributed by atoms with E-state index in [1.165, 1.54) is 17.4 Å². The predicted molar refractivity (Wildman–Crippen MR) is 108 cm³/mol. The highest BCUT2D eigenvalue weighted by Gasteiger charge is 2.28. The number of aryl methyl sites for hydroxylation is 1. The number of aromatic nitrogens is 3. The number of benzene rings is 1. The van der Waals surface area contributed by atoms with Crippen molar-refractivity contribution in [2.45, 2.75) is 19.8 Å². The van der Waals surface area contributed by atoms with Crippen LogP contribution in [0.5, 0.6) is 0 Å². The number of piperidine rings is 1. The Morgan fingerprint density at radius 3 is 2.79 bits per heavy atom. The minimum absolute atomic E-state index is 0.115. The number of amides is 1. The van der Waals surface area contributed by atoms with Gasteiger partial charge in [0.1, 0.15) is 0 Å². The second-order valence-electron chi connectivity index (χ2n) is 6.88. The van der Waals surface area contributed by atoms with Gasteiger partial charge < -0.3 is 10.2 Å². The summed E-state index contributed by atoms with van der Waals surface area (Å²) >= 11 is 1.31. The second-order valence-corrected chi connectivity index (χ2v) is 8.08. The van der Waals surface area contributed by atoms with Crippen LogP contribution in [0.1, 0.15) is 17.7 Å². The first-order chi connectivity index (χ1) is 14.0. The van der Waals surface area contributed by atoms with E-state index < -0.39 is 11.6 Å². The van der Waals surface area contributed by atoms with Crippen molar-refractivity contribution in [1.29, 1.82) is 0 Å². The largest absolute Gasteiger partial charge is 0.340 e. The first-order valence-corrected chi connectivity index (χ1v) is 10.1. The Balaban J connectivity index is 1.46. The summed E-state index contributed by atoms with van der Waals surface area (Å²) in [5, 5.41) is 3.32. The van der Waals surface area contributed by atoms with Crippen LogP contribution >= 0.6 is 11.3 Å². The molecule has 1 amide bonds. The SMILES string of the molecule is Cc1sc(NC(=O)C2CCCN(c3ncccn3)C2)nc1-c1ccc(F)c(F)c1. The third-order valence-electron chi connectivity index (χ3n) is 4.85. The van der Waals surface area contributed by atoms with Gasteiger partial charge in [0.2, 0.25) is 11.9 Å². The van der Waals surface area contributed by atoms with Crippen molar-refractivity contribution < 1.29 is 13.6 Å². The molecule has 0 radical (unpaired) electrons. The molecule has 0 saturated carbocycles. The number of nitrogens with one attached hydrogen (secondary N) is 1. The monoisotopic (exact) mass is 415 g/mol. The van der Waals surface area contributed by atoms with Crippen molar-refractivity contribution in [2.24, 2.45) is 5.92 Å². The summed E-state index contributed by atoms with van der Waals surface area (Å²) in [7, 11) is 0. The number of rotatable bonds is 4. The Labute approximate surface area is 170 Å². The van der Waals surface area contributed by atoms with Gasteiger partial charge in [0.05, 0.1) is 11.6 Å². The number of carbonyl (C=O) groups excluding carboxylic acids is 1. The number of nitrogens with zero attached hydrogens (tertiary/aromatic N) is 4. The molecular formula is C20H19F2N5OS. The van der Waals surface area contributed by atoms with E-state index in [0.717, 1.165) is 36.4 Å². The van der Waals surface area contributed by atoms with Gasteiger partial charge in [0.15, 0.2) is 16.8 Å². The van der Waals surface area contributed by atoms with Crippen molar-refractivity contribution in [2.75, 3.05) is 23.3 Å². The van der Waals surface area contributed by atoms with E-state index in [1.54, 1.807) is 18.5 Å². The van der Waals surface area contributed by atoms with Crippen molar-refractivity contribution in [3.8, 4) is 11.3 Å². The first-order valence-electron chi connectivity index (χ1n) is 9.27. The summed E-state index contributed by atoms with van der Waals surface area (Å²) in [4.78, 5) is 28.5. The van der Waals surface area contributed by atoms with Gasteiger partial charge in [-0.15, -0.1) is 11.3 Å². The highest BCUT2D eigenvalue weighted by Crippen LogP contribution is 2.32. The molecule has 1 aromatic carbocycles. The van der Waals surface area contributed by atoms with Crippen LogP contribution in [0.4, 0.5) is 19.9 Å². The predicted octanol–water partition coefficient (Wildman–Crippen LogP) is 4.04. The molecule has 1 aliphatic rings. The molecule has 1 N–H and O–H groups in total. The van der Waals surface area contributed by atoms with E-state index in [-0.39, 0.29) is 11.8 Å². The molecule has 0 aliphatic carbocycles. The van der Waals surface area contributed by atoms with Gasteiger partial charge in [-0.05, 0) is 44.0 Å². The molecule has 1 saturated heterocycles. The Morgan fingerprint density at radius 1 is 1.24 bits per heavy atom. The Bertz CT molecular complexity index is 1030. The molecule has 1 aliphatic heterocycles. The Kier molecular flexibility index (Phi) is 5.48. The van der Waals surface area contributed by atoms with Gasteiger partial charge in [-0.2, -0.15) is 0 Å². The number of hydrogen-bond acceptors (Lipinski definition) is 6. The normalized spacial score (nSPS) is 16.7. The van der Waals surface area contributed by atoms with Crippen LogP contribution in [-0.4, -0.2) is 33.9 Å². The highest BCUT2D eigenvalue weighted by molar-refractivity contribution is 7.16. The fourth-order valence-electron chi connectivity index (χ4n) is 3.40. The van der Waals surface area contributed by atoms with E-state index in [4.69, 9.17) is 0 Å². The maximum absolute atomic E-state index is 13.5. The summed E-state index contributed by atoms with van der Waals surface area (Å²) in [5.41, 5.74) is 1.01. The van der Waals surface area contributed by atoms with Crippen LogP contribution in [0.2, 0.25) is 0 Å². The molecule has 1 unspecified atom stereocenters. The van der Waals surface area contributed by atoms with Crippen LogP contribution < -0.4 is 10.2 Å². The van der Waals surface area contributed by atoms with E-state index in [0.29, 0.717) is 28.9 Å². The maximum atomic E-state index is 13.5. The van der Waals surface area contributed by atoms with E-state index in [9.17, 15) is 13.6 Å². The lowest BCUT2D eigenvalue weighted by molar-refractivity contribution is -0.120. The van der Waals surface area contributed by atoms with Crippen LogP contribution in [0.25, 0.3) is 11.3 Å². The van der Waals surface area contributed by atoms with Gasteiger partial charge in [-0.1, -0.05) is 0 Å². The van der Waals surface area contributed by atoms with Crippen molar-refractivity contribution in [3.63, 3.8) is 0 Å². The lowest BCUT2D eigenvalue weighted by atomic mass is 9.97. The van der Waals surface area contributed by atoms with E-state index in [2.05, 4.69) is 20.3 Å². The van der Waals surface area contributed by atoms with Gasteiger partial charge in [0, 0.05) is 35.9 Å². The smallest absolute Gasteiger partial charge is 0.231 e. The fraction of sp³-hybridized carbons (Fsp3) is 0.300. The zero-order valence-electron chi connectivity index (χ0n) is 15.7. The fourth-order valence-corrected chi connectivity index (χ4v) is 4.23. The number of anilines is 2. The molecule has 0 spiro atoms. The molecule has 6 nitrogen and oxygen atoms in total. The average molecular weight is 415 g/mol. The van der Waals surface area contributed by atoms with Crippen LogP contribution in [0, 0.1) is 24.5 Å². The number of hydrogen-bond donors (Lipinski definition) is 1. The molecule has 150 valence electrons. The highest BCUT2D eigenvalue weighted by atomic mass is 32.1. The molecule has 1 fully saturated rings. The molecule has 29 heavy (non-hydrogen) atoms. The summed E-state index contributed by atoms with van der Waals surface area (Å²) in [6.07, 6.45) is 5.01. The topological polar surface area (TPSA) is 71.0 Å². The molecule has 3 heterocycles. The molecule has 4 rings (SSSR count). The standard InChI is InChI=1S/C20H19F2N5OS/c1-12-17(13-5-6-15(21)16(22)10-13)25-20(29-12)26-18(28)14-4-2-9-27(11-14)19-23-7-3-8-24-19/h3,5-8,10,14H,2,4,9,11H2,1H3,(H,25,26,28). The van der Waals surface area contributed by atoms with Crippen LogP contribution in [0.15, 0.2) is 36.7 Å². The minimum Gasteiger partial charge on any atom is -0.340 e. The lowest BCUT2D eigenvalue weighted by Gasteiger charge is -2.31. The molecule has 9 heteroatoms. The third kappa shape index (κ3) is 4.24. The number of carbonyl (C=O) groups is 1. The number of halogens is 2. The number of thiazole rings is 1. The summed E-state index contributed by atoms with van der Waals surface area (Å²) in [5.74, 6) is -1.53. The quantitative estimate of drug-likeness (QED) is 0.696. The Morgan fingerprint density at radius 2 is 2.03 bits per heavy atom. The first kappa shape index (κ1) is 19.4. The van der Waals surface area contributed by atoms with Gasteiger partial charge in [-0.25, -0.2) is 23.7 Å². The summed E-state index contributed by atoms with van der Waals surface area (Å²) < 4.78 is 26.7. The average Bonchev–Trinajstić information content (AvgIpc) is 3.10. The van der Waals surface area contributed by atoms with E-state index >= 15 is 0 Å². The van der Waals surface area contributed by atoms with Crippen molar-refractivity contribution >= 4 is 28.3 Å². The summed E-state index contributed by atoms with van der Waals surface area (Å²) in [6.45, 7) is 3.18. The van der Waals surface area contributed by atoms with Gasteiger partial charge in [0.25, 0.3) is 0 Å². The minimum atomic E-state index is -0.925. The zero-order valence-corrected chi connectivity index (χ0v) is 16.5. The van der Waals surface area contributed by atoms with Crippen LogP contribution in [0.3, 0.4) is 0 Å². The van der Waals surface area contributed by atoms with Gasteiger partial charge in [-0.3, -0.25) is 4.79 Å². The third-order valence-corrected chi connectivity index (χ3v) is 5.73. The van der Waals surface area contributed by atoms with Crippen molar-refractivity contribution in [3.05, 3.63) is 53.2 Å². The molecule has 3 aromatic rings. The molecule has 2 aromatic heterocycles. The van der Waals surface area contributed by atoms with Crippen LogP contribution in [-0.2, 0) is 4.79 Å². The Hall–Kier alpha value is -2.94. The molecule has 0 bridgehead atoms. The maximum Gasteiger partial charge on any atom is 0.231 e. The molecular weight excluding hydrogens is 396 g/mol. The second kappa shape index (κ2) is 8.20. The summed E-state index contributed by atoms with van der Waals surface area (Å²) in [6, 6.07) is 5.42. The van der Waals surface area contributed by atoms with Crippen molar-refractivity contribution in [1.82, 2.24) is 15.0 Å². The zero-order chi connectivity index (χ0) is 20.4.